The molecule has 1 unspecified atom stereocenters. The summed E-state index contributed by atoms with van der Waals surface area (Å²) in [6.45, 7) is 2.88. The van der Waals surface area contributed by atoms with Crippen LogP contribution in [-0.4, -0.2) is 59.2 Å². The zero-order valence-electron chi connectivity index (χ0n) is 19.8. The van der Waals surface area contributed by atoms with Gasteiger partial charge in [-0.15, -0.1) is 0 Å². The van der Waals surface area contributed by atoms with Gasteiger partial charge >= 0.3 is 0 Å². The van der Waals surface area contributed by atoms with E-state index in [1.165, 1.54) is 43.5 Å². The monoisotopic (exact) mass is 513 g/mol. The molecule has 10 heteroatoms. The molecule has 0 radical (unpaired) electrons. The van der Waals surface area contributed by atoms with Gasteiger partial charge in [0, 0.05) is 25.2 Å². The second kappa shape index (κ2) is 11.5. The minimum Gasteiger partial charge on any atom is -0.495 e. The number of carbonyl (C=O) groups excluding carboxylic acids is 1. The van der Waals surface area contributed by atoms with Crippen LogP contribution in [0.15, 0.2) is 77.7 Å². The molecule has 4 rings (SSSR count). The average Bonchev–Trinajstić information content (AvgIpc) is 2.90. The fourth-order valence-electron chi connectivity index (χ4n) is 4.04. The van der Waals surface area contributed by atoms with Crippen molar-refractivity contribution in [3.8, 4) is 5.75 Å². The van der Waals surface area contributed by atoms with Gasteiger partial charge in [0.25, 0.3) is 15.9 Å². The molecular formula is C26H28FN3O5S. The van der Waals surface area contributed by atoms with Crippen LogP contribution in [-0.2, 0) is 14.8 Å². The molecule has 2 N–H and O–H groups in total. The van der Waals surface area contributed by atoms with E-state index in [1.807, 2.05) is 0 Å². The topological polar surface area (TPSA) is 97.0 Å². The summed E-state index contributed by atoms with van der Waals surface area (Å²) in [4.78, 5) is 15.1. The van der Waals surface area contributed by atoms with Gasteiger partial charge in [-0.25, -0.2) is 12.8 Å². The highest BCUT2D eigenvalue weighted by atomic mass is 32.2. The van der Waals surface area contributed by atoms with Crippen LogP contribution in [0.4, 0.5) is 10.1 Å². The van der Waals surface area contributed by atoms with Gasteiger partial charge in [-0.3, -0.25) is 14.4 Å². The maximum atomic E-state index is 13.4. The van der Waals surface area contributed by atoms with Crippen molar-refractivity contribution < 1.29 is 27.1 Å². The number of hydrogen-bond donors (Lipinski definition) is 2. The van der Waals surface area contributed by atoms with Crippen molar-refractivity contribution in [2.75, 3.05) is 44.7 Å². The van der Waals surface area contributed by atoms with E-state index in [-0.39, 0.29) is 22.7 Å². The van der Waals surface area contributed by atoms with E-state index in [1.54, 1.807) is 36.4 Å². The molecule has 1 atom stereocenters. The number of halogens is 1. The third kappa shape index (κ3) is 6.20. The Hall–Kier alpha value is -3.47. The molecule has 0 aliphatic carbocycles. The lowest BCUT2D eigenvalue weighted by Crippen LogP contribution is -2.43. The van der Waals surface area contributed by atoms with Gasteiger partial charge in [-0.05, 0) is 54.1 Å². The van der Waals surface area contributed by atoms with Crippen molar-refractivity contribution in [3.05, 3.63) is 89.7 Å². The molecule has 0 saturated carbocycles. The quantitative estimate of drug-likeness (QED) is 0.455. The van der Waals surface area contributed by atoms with E-state index in [0.29, 0.717) is 49.8 Å². The molecule has 190 valence electrons. The Kier molecular flexibility index (Phi) is 8.19. The summed E-state index contributed by atoms with van der Waals surface area (Å²) in [5, 5.41) is 2.93. The zero-order chi connectivity index (χ0) is 25.5. The highest BCUT2D eigenvalue weighted by molar-refractivity contribution is 7.92. The minimum atomic E-state index is -3.88. The lowest BCUT2D eigenvalue weighted by atomic mass is 10.0. The Balaban J connectivity index is 1.44. The van der Waals surface area contributed by atoms with Gasteiger partial charge in [0.1, 0.15) is 11.6 Å². The van der Waals surface area contributed by atoms with E-state index in [2.05, 4.69) is 14.9 Å². The van der Waals surface area contributed by atoms with Gasteiger partial charge in [-0.1, -0.05) is 24.3 Å². The van der Waals surface area contributed by atoms with Gasteiger partial charge in [0.05, 0.1) is 36.9 Å². The number of nitrogens with one attached hydrogen (secondary N) is 2. The first-order valence-corrected chi connectivity index (χ1v) is 13.0. The number of nitrogens with zero attached hydrogens (tertiary/aromatic N) is 1. The molecule has 3 aromatic rings. The number of hydrogen-bond acceptors (Lipinski definition) is 6. The summed E-state index contributed by atoms with van der Waals surface area (Å²) in [7, 11) is -2.42. The zero-order valence-corrected chi connectivity index (χ0v) is 20.6. The third-order valence-corrected chi connectivity index (χ3v) is 7.36. The van der Waals surface area contributed by atoms with Crippen molar-refractivity contribution >= 4 is 21.6 Å². The summed E-state index contributed by atoms with van der Waals surface area (Å²) in [6.07, 6.45) is 0. The number of sulfonamides is 1. The Bertz CT molecular complexity index is 1280. The van der Waals surface area contributed by atoms with Crippen LogP contribution in [0, 0.1) is 5.82 Å². The van der Waals surface area contributed by atoms with Gasteiger partial charge in [-0.2, -0.15) is 0 Å². The van der Waals surface area contributed by atoms with E-state index in [0.717, 1.165) is 5.56 Å². The maximum absolute atomic E-state index is 13.4. The van der Waals surface area contributed by atoms with Crippen LogP contribution >= 0.6 is 0 Å². The summed E-state index contributed by atoms with van der Waals surface area (Å²) in [5.74, 6) is -0.260. The molecule has 1 aliphatic heterocycles. The van der Waals surface area contributed by atoms with Crippen LogP contribution in [0.3, 0.4) is 0 Å². The molecule has 3 aromatic carbocycles. The van der Waals surface area contributed by atoms with Crippen LogP contribution in [0.1, 0.15) is 22.0 Å². The summed E-state index contributed by atoms with van der Waals surface area (Å²) < 4.78 is 52.2. The molecule has 1 fully saturated rings. The van der Waals surface area contributed by atoms with Crippen molar-refractivity contribution in [2.45, 2.75) is 10.9 Å². The van der Waals surface area contributed by atoms with Gasteiger partial charge in [0.15, 0.2) is 0 Å². The second-order valence-electron chi connectivity index (χ2n) is 8.26. The summed E-state index contributed by atoms with van der Waals surface area (Å²) in [5.41, 5.74) is 1.53. The van der Waals surface area contributed by atoms with Crippen LogP contribution in [0.5, 0.6) is 5.75 Å². The first-order chi connectivity index (χ1) is 17.4. The van der Waals surface area contributed by atoms with E-state index >= 15 is 0 Å². The number of amides is 1. The second-order valence-corrected chi connectivity index (χ2v) is 9.94. The lowest BCUT2D eigenvalue weighted by molar-refractivity contribution is 0.0162. The average molecular weight is 514 g/mol. The molecule has 1 saturated heterocycles. The Morgan fingerprint density at radius 2 is 1.69 bits per heavy atom. The van der Waals surface area contributed by atoms with Crippen molar-refractivity contribution in [1.29, 1.82) is 0 Å². The maximum Gasteiger partial charge on any atom is 0.262 e. The number of morpholine rings is 1. The standard InChI is InChI=1S/C26H28FN3O5S/c1-34-25-5-3-2-4-23(25)29-36(32,33)22-12-8-20(9-13-22)26(31)28-18-24(30-14-16-35-17-15-30)19-6-10-21(27)11-7-19/h2-13,24,29H,14-18H2,1H3,(H,28,31). The van der Waals surface area contributed by atoms with Crippen LogP contribution in [0.2, 0.25) is 0 Å². The number of carbonyl (C=O) groups is 1. The van der Waals surface area contributed by atoms with Crippen molar-refractivity contribution in [1.82, 2.24) is 10.2 Å². The number of rotatable bonds is 9. The fraction of sp³-hybridized carbons (Fsp3) is 0.269. The number of para-hydroxylation sites is 2. The van der Waals surface area contributed by atoms with E-state index < -0.39 is 10.0 Å². The SMILES string of the molecule is COc1ccccc1NS(=O)(=O)c1ccc(C(=O)NCC(c2ccc(F)cc2)N2CCOCC2)cc1. The number of benzene rings is 3. The van der Waals surface area contributed by atoms with E-state index in [9.17, 15) is 17.6 Å². The molecule has 0 bridgehead atoms. The van der Waals surface area contributed by atoms with Crippen LogP contribution in [0.25, 0.3) is 0 Å². The first kappa shape index (κ1) is 25.6. The highest BCUT2D eigenvalue weighted by Crippen LogP contribution is 2.26. The molecule has 0 spiro atoms. The Morgan fingerprint density at radius 1 is 1.03 bits per heavy atom. The number of anilines is 1. The Morgan fingerprint density at radius 3 is 2.36 bits per heavy atom. The number of methoxy groups -OCH3 is 1. The summed E-state index contributed by atoms with van der Waals surface area (Å²) in [6, 6.07) is 18.5. The fourth-order valence-corrected chi connectivity index (χ4v) is 5.11. The molecule has 0 aromatic heterocycles. The van der Waals surface area contributed by atoms with Gasteiger partial charge < -0.3 is 14.8 Å². The smallest absolute Gasteiger partial charge is 0.262 e. The first-order valence-electron chi connectivity index (χ1n) is 11.5. The molecular weight excluding hydrogens is 485 g/mol. The van der Waals surface area contributed by atoms with Crippen LogP contribution < -0.4 is 14.8 Å². The minimum absolute atomic E-state index is 0.0162. The molecule has 1 amide bonds. The Labute approximate surface area is 210 Å². The normalized spacial score (nSPS) is 15.2. The lowest BCUT2D eigenvalue weighted by Gasteiger charge is -2.35. The number of ether oxygens (including phenoxy) is 2. The van der Waals surface area contributed by atoms with Gasteiger partial charge in [0.2, 0.25) is 0 Å². The predicted octanol–water partition coefficient (Wildman–Crippen LogP) is 3.44. The predicted molar refractivity (Wildman–Crippen MR) is 134 cm³/mol. The largest absolute Gasteiger partial charge is 0.495 e. The van der Waals surface area contributed by atoms with E-state index in [4.69, 9.17) is 9.47 Å². The molecule has 1 heterocycles. The summed E-state index contributed by atoms with van der Waals surface area (Å²) >= 11 is 0. The molecule has 36 heavy (non-hydrogen) atoms. The highest BCUT2D eigenvalue weighted by Gasteiger charge is 2.24. The third-order valence-electron chi connectivity index (χ3n) is 5.98. The molecule has 8 nitrogen and oxygen atoms in total. The van der Waals surface area contributed by atoms with Crippen molar-refractivity contribution in [3.63, 3.8) is 0 Å². The molecule has 1 aliphatic rings. The van der Waals surface area contributed by atoms with Crippen molar-refractivity contribution in [2.24, 2.45) is 0 Å².